The third-order valence-electron chi connectivity index (χ3n) is 4.53. The van der Waals surface area contributed by atoms with Crippen LogP contribution >= 0.6 is 0 Å². The summed E-state index contributed by atoms with van der Waals surface area (Å²) in [5.41, 5.74) is 0.698. The molecular weight excluding hydrogens is 278 g/mol. The Morgan fingerprint density at radius 3 is 2.68 bits per heavy atom. The summed E-state index contributed by atoms with van der Waals surface area (Å²) in [6, 6.07) is 9.30. The second kappa shape index (κ2) is 6.92. The molecule has 118 valence electrons. The molecule has 2 aliphatic heterocycles. The highest BCUT2D eigenvalue weighted by atomic mass is 16.2. The Morgan fingerprint density at radius 2 is 2.00 bits per heavy atom. The zero-order chi connectivity index (χ0) is 15.4. The van der Waals surface area contributed by atoms with Crippen LogP contribution in [-0.2, 0) is 4.79 Å². The number of benzene rings is 1. The number of piperidine rings is 1. The van der Waals surface area contributed by atoms with Gasteiger partial charge in [-0.2, -0.15) is 0 Å². The molecule has 5 nitrogen and oxygen atoms in total. The van der Waals surface area contributed by atoms with Gasteiger partial charge in [-0.05, 0) is 25.0 Å². The summed E-state index contributed by atoms with van der Waals surface area (Å²) in [6.45, 7) is 3.99. The van der Waals surface area contributed by atoms with Crippen LogP contribution < -0.4 is 10.6 Å². The van der Waals surface area contributed by atoms with Crippen molar-refractivity contribution >= 4 is 11.8 Å². The van der Waals surface area contributed by atoms with Crippen molar-refractivity contribution in [2.24, 2.45) is 11.8 Å². The summed E-state index contributed by atoms with van der Waals surface area (Å²) >= 11 is 0. The number of rotatable bonds is 4. The fraction of sp³-hybridized carbons (Fsp3) is 0.529. The van der Waals surface area contributed by atoms with E-state index >= 15 is 0 Å². The molecule has 1 atom stereocenters. The monoisotopic (exact) mass is 301 g/mol. The van der Waals surface area contributed by atoms with Crippen LogP contribution in [0.1, 0.15) is 23.2 Å². The van der Waals surface area contributed by atoms with E-state index in [4.69, 9.17) is 0 Å². The summed E-state index contributed by atoms with van der Waals surface area (Å²) in [5, 5.41) is 6.24. The Hall–Kier alpha value is -1.88. The molecule has 2 heterocycles. The molecule has 1 unspecified atom stereocenters. The molecule has 22 heavy (non-hydrogen) atoms. The van der Waals surface area contributed by atoms with Crippen molar-refractivity contribution in [3.63, 3.8) is 0 Å². The van der Waals surface area contributed by atoms with E-state index in [1.807, 2.05) is 35.2 Å². The van der Waals surface area contributed by atoms with E-state index < -0.39 is 0 Å². The van der Waals surface area contributed by atoms with E-state index in [0.717, 1.165) is 39.0 Å². The molecule has 2 N–H and O–H groups in total. The molecule has 2 fully saturated rings. The number of nitrogens with zero attached hydrogens (tertiary/aromatic N) is 1. The van der Waals surface area contributed by atoms with Gasteiger partial charge in [0.15, 0.2) is 0 Å². The molecule has 2 amide bonds. The molecule has 0 radical (unpaired) electrons. The van der Waals surface area contributed by atoms with Crippen molar-refractivity contribution in [1.82, 2.24) is 15.5 Å². The fourth-order valence-corrected chi connectivity index (χ4v) is 3.02. The van der Waals surface area contributed by atoms with Crippen LogP contribution in [0.15, 0.2) is 30.3 Å². The first-order chi connectivity index (χ1) is 10.7. The number of carbonyl (C=O) groups is 2. The van der Waals surface area contributed by atoms with Gasteiger partial charge < -0.3 is 15.5 Å². The first kappa shape index (κ1) is 15.0. The molecule has 3 rings (SSSR count). The first-order valence-electron chi connectivity index (χ1n) is 8.07. The standard InChI is InChI=1S/C17H23N3O2/c21-16(19-11-13-9-18-10-13)15-7-4-8-20(12-15)17(22)14-5-2-1-3-6-14/h1-3,5-6,13,15,18H,4,7-12H2,(H,19,21). The normalized spacial score (nSPS) is 22.0. The van der Waals surface area contributed by atoms with Gasteiger partial charge in [0.2, 0.25) is 5.91 Å². The van der Waals surface area contributed by atoms with Crippen molar-refractivity contribution in [3.05, 3.63) is 35.9 Å². The number of hydrogen-bond acceptors (Lipinski definition) is 3. The van der Waals surface area contributed by atoms with Crippen molar-refractivity contribution in [1.29, 1.82) is 0 Å². The van der Waals surface area contributed by atoms with Gasteiger partial charge in [0.1, 0.15) is 0 Å². The van der Waals surface area contributed by atoms with Crippen molar-refractivity contribution in [2.75, 3.05) is 32.7 Å². The van der Waals surface area contributed by atoms with Gasteiger partial charge in [-0.15, -0.1) is 0 Å². The fourth-order valence-electron chi connectivity index (χ4n) is 3.02. The minimum atomic E-state index is -0.0746. The number of nitrogens with one attached hydrogen (secondary N) is 2. The second-order valence-electron chi connectivity index (χ2n) is 6.23. The highest BCUT2D eigenvalue weighted by Crippen LogP contribution is 2.19. The molecule has 5 heteroatoms. The van der Waals surface area contributed by atoms with Crippen molar-refractivity contribution in [3.8, 4) is 0 Å². The summed E-state index contributed by atoms with van der Waals surface area (Å²) in [7, 11) is 0. The largest absolute Gasteiger partial charge is 0.355 e. The summed E-state index contributed by atoms with van der Waals surface area (Å²) < 4.78 is 0. The first-order valence-corrected chi connectivity index (χ1v) is 8.07. The molecule has 0 aromatic heterocycles. The van der Waals surface area contributed by atoms with Gasteiger partial charge in [0.25, 0.3) is 5.91 Å². The third kappa shape index (κ3) is 3.47. The summed E-state index contributed by atoms with van der Waals surface area (Å²) in [4.78, 5) is 26.6. The lowest BCUT2D eigenvalue weighted by molar-refractivity contribution is -0.126. The molecule has 2 saturated heterocycles. The van der Waals surface area contributed by atoms with Gasteiger partial charge in [-0.25, -0.2) is 0 Å². The number of carbonyl (C=O) groups excluding carboxylic acids is 2. The molecule has 1 aromatic rings. The van der Waals surface area contributed by atoms with Crippen LogP contribution in [0.3, 0.4) is 0 Å². The SMILES string of the molecule is O=C(NCC1CNC1)C1CCCN(C(=O)c2ccccc2)C1. The highest BCUT2D eigenvalue weighted by molar-refractivity contribution is 5.94. The maximum absolute atomic E-state index is 12.5. The molecule has 0 spiro atoms. The quantitative estimate of drug-likeness (QED) is 0.868. The Balaban J connectivity index is 1.54. The smallest absolute Gasteiger partial charge is 0.253 e. The van der Waals surface area contributed by atoms with Crippen LogP contribution in [0, 0.1) is 11.8 Å². The number of amides is 2. The van der Waals surface area contributed by atoms with Crippen LogP contribution in [0.25, 0.3) is 0 Å². The molecule has 0 bridgehead atoms. The van der Waals surface area contributed by atoms with Crippen LogP contribution in [0.4, 0.5) is 0 Å². The minimum Gasteiger partial charge on any atom is -0.355 e. The predicted octanol–water partition coefficient (Wildman–Crippen LogP) is 0.874. The predicted molar refractivity (Wildman–Crippen MR) is 84.4 cm³/mol. The Kier molecular flexibility index (Phi) is 4.73. The minimum absolute atomic E-state index is 0.0290. The topological polar surface area (TPSA) is 61.4 Å². The summed E-state index contributed by atoms with van der Waals surface area (Å²) in [6.07, 6.45) is 1.76. The van der Waals surface area contributed by atoms with E-state index in [9.17, 15) is 9.59 Å². The lowest BCUT2D eigenvalue weighted by Gasteiger charge is -2.33. The third-order valence-corrected chi connectivity index (χ3v) is 4.53. The van der Waals surface area contributed by atoms with Crippen LogP contribution in [0.5, 0.6) is 0 Å². The Morgan fingerprint density at radius 1 is 1.23 bits per heavy atom. The Bertz CT molecular complexity index is 528. The van der Waals surface area contributed by atoms with Gasteiger partial charge in [-0.3, -0.25) is 9.59 Å². The van der Waals surface area contributed by atoms with E-state index in [2.05, 4.69) is 10.6 Å². The zero-order valence-corrected chi connectivity index (χ0v) is 12.8. The van der Waals surface area contributed by atoms with Gasteiger partial charge in [0, 0.05) is 44.2 Å². The van der Waals surface area contributed by atoms with Gasteiger partial charge >= 0.3 is 0 Å². The average Bonchev–Trinajstić information content (AvgIpc) is 2.53. The second-order valence-corrected chi connectivity index (χ2v) is 6.23. The van der Waals surface area contributed by atoms with E-state index in [-0.39, 0.29) is 17.7 Å². The molecule has 0 aliphatic carbocycles. The summed E-state index contributed by atoms with van der Waals surface area (Å²) in [5.74, 6) is 0.614. The molecular formula is C17H23N3O2. The lowest BCUT2D eigenvalue weighted by atomic mass is 9.95. The van der Waals surface area contributed by atoms with Crippen molar-refractivity contribution in [2.45, 2.75) is 12.8 Å². The lowest BCUT2D eigenvalue weighted by Crippen LogP contribution is -2.50. The van der Waals surface area contributed by atoms with E-state index in [1.54, 1.807) is 0 Å². The maximum Gasteiger partial charge on any atom is 0.253 e. The average molecular weight is 301 g/mol. The van der Waals surface area contributed by atoms with Gasteiger partial charge in [0.05, 0.1) is 5.92 Å². The molecule has 2 aliphatic rings. The van der Waals surface area contributed by atoms with Crippen LogP contribution in [-0.4, -0.2) is 49.4 Å². The van der Waals surface area contributed by atoms with Crippen LogP contribution in [0.2, 0.25) is 0 Å². The molecule has 1 aromatic carbocycles. The highest BCUT2D eigenvalue weighted by Gasteiger charge is 2.29. The van der Waals surface area contributed by atoms with Crippen molar-refractivity contribution < 1.29 is 9.59 Å². The van der Waals surface area contributed by atoms with E-state index in [0.29, 0.717) is 18.0 Å². The Labute approximate surface area is 131 Å². The number of likely N-dealkylation sites (tertiary alicyclic amines) is 1. The van der Waals surface area contributed by atoms with E-state index in [1.165, 1.54) is 0 Å². The number of hydrogen-bond donors (Lipinski definition) is 2. The molecule has 0 saturated carbocycles. The van der Waals surface area contributed by atoms with Gasteiger partial charge in [-0.1, -0.05) is 18.2 Å². The zero-order valence-electron chi connectivity index (χ0n) is 12.8. The maximum atomic E-state index is 12.5.